The Morgan fingerprint density at radius 1 is 1.17 bits per heavy atom. The first kappa shape index (κ1) is 20.1. The van der Waals surface area contributed by atoms with Gasteiger partial charge in [0, 0.05) is 24.2 Å². The monoisotopic (exact) mass is 404 g/mol. The van der Waals surface area contributed by atoms with Crippen molar-refractivity contribution >= 4 is 28.3 Å². The first-order valence-electron chi connectivity index (χ1n) is 10.7. The molecule has 0 saturated carbocycles. The average Bonchev–Trinajstić information content (AvgIpc) is 2.76. The molecule has 30 heavy (non-hydrogen) atoms. The lowest BCUT2D eigenvalue weighted by Crippen LogP contribution is -2.38. The van der Waals surface area contributed by atoms with Crippen molar-refractivity contribution in [2.75, 3.05) is 23.3 Å². The minimum atomic E-state index is -0.390. The third-order valence-corrected chi connectivity index (χ3v) is 5.77. The van der Waals surface area contributed by atoms with E-state index >= 15 is 0 Å². The summed E-state index contributed by atoms with van der Waals surface area (Å²) >= 11 is 0. The number of nitrogens with one attached hydrogen (secondary N) is 1. The molecular weight excluding hydrogens is 376 g/mol. The van der Waals surface area contributed by atoms with E-state index in [4.69, 9.17) is 0 Å². The van der Waals surface area contributed by atoms with E-state index in [9.17, 15) is 9.59 Å². The van der Waals surface area contributed by atoms with E-state index in [0.717, 1.165) is 48.3 Å². The first-order valence-corrected chi connectivity index (χ1v) is 10.7. The van der Waals surface area contributed by atoms with Gasteiger partial charge in [0.2, 0.25) is 5.91 Å². The topological polar surface area (TPSA) is 67.2 Å². The standard InChI is InChI=1S/C24H28N4O2/c1-3-18-10-12-19(13-11-18)25-22(29)16-28-21-9-5-4-8-20(21)23(26-24(28)30)27-14-6-7-17(2)15-27/h4-5,8-13,17H,3,6-7,14-16H2,1-2H3,(H,25,29). The predicted molar refractivity (Wildman–Crippen MR) is 121 cm³/mol. The summed E-state index contributed by atoms with van der Waals surface area (Å²) in [5, 5.41) is 3.79. The van der Waals surface area contributed by atoms with Gasteiger partial charge >= 0.3 is 5.69 Å². The maximum absolute atomic E-state index is 12.9. The number of rotatable bonds is 5. The summed E-state index contributed by atoms with van der Waals surface area (Å²) in [4.78, 5) is 32.1. The van der Waals surface area contributed by atoms with Crippen LogP contribution in [0.4, 0.5) is 11.5 Å². The summed E-state index contributed by atoms with van der Waals surface area (Å²) < 4.78 is 1.46. The van der Waals surface area contributed by atoms with Crippen molar-refractivity contribution in [1.82, 2.24) is 9.55 Å². The third-order valence-electron chi connectivity index (χ3n) is 5.77. The van der Waals surface area contributed by atoms with Crippen LogP contribution in [0.2, 0.25) is 0 Å². The van der Waals surface area contributed by atoms with Gasteiger partial charge in [0.05, 0.1) is 5.52 Å². The van der Waals surface area contributed by atoms with Gasteiger partial charge in [-0.15, -0.1) is 0 Å². The second-order valence-electron chi connectivity index (χ2n) is 8.11. The minimum Gasteiger partial charge on any atom is -0.356 e. The molecule has 2 aromatic carbocycles. The Balaban J connectivity index is 1.62. The van der Waals surface area contributed by atoms with Crippen molar-refractivity contribution < 1.29 is 4.79 Å². The highest BCUT2D eigenvalue weighted by molar-refractivity contribution is 5.93. The van der Waals surface area contributed by atoms with Gasteiger partial charge in [0.25, 0.3) is 0 Å². The number of aryl methyl sites for hydroxylation is 1. The average molecular weight is 405 g/mol. The molecule has 1 fully saturated rings. The van der Waals surface area contributed by atoms with Crippen LogP contribution in [-0.2, 0) is 17.8 Å². The molecule has 0 radical (unpaired) electrons. The van der Waals surface area contributed by atoms with Crippen LogP contribution in [0.3, 0.4) is 0 Å². The minimum absolute atomic E-state index is 0.0709. The summed E-state index contributed by atoms with van der Waals surface area (Å²) in [6.07, 6.45) is 3.24. The summed E-state index contributed by atoms with van der Waals surface area (Å²) in [5.41, 5.74) is 2.28. The molecule has 1 amide bonds. The highest BCUT2D eigenvalue weighted by Crippen LogP contribution is 2.27. The van der Waals surface area contributed by atoms with Gasteiger partial charge < -0.3 is 10.2 Å². The van der Waals surface area contributed by atoms with Crippen molar-refractivity contribution in [3.8, 4) is 0 Å². The molecule has 1 N–H and O–H groups in total. The molecule has 4 rings (SSSR count). The van der Waals surface area contributed by atoms with E-state index in [1.165, 1.54) is 16.6 Å². The molecule has 1 aromatic heterocycles. The van der Waals surface area contributed by atoms with Crippen molar-refractivity contribution in [2.24, 2.45) is 5.92 Å². The number of piperidine rings is 1. The van der Waals surface area contributed by atoms with Crippen LogP contribution in [-0.4, -0.2) is 28.5 Å². The Hall–Kier alpha value is -3.15. The number of para-hydroxylation sites is 1. The van der Waals surface area contributed by atoms with Gasteiger partial charge in [-0.2, -0.15) is 4.98 Å². The Kier molecular flexibility index (Phi) is 5.84. The summed E-state index contributed by atoms with van der Waals surface area (Å²) in [6, 6.07) is 15.5. The fraction of sp³-hybridized carbons (Fsp3) is 0.375. The summed E-state index contributed by atoms with van der Waals surface area (Å²) in [7, 11) is 0. The van der Waals surface area contributed by atoms with Gasteiger partial charge in [0.15, 0.2) is 0 Å². The molecule has 6 nitrogen and oxygen atoms in total. The zero-order chi connectivity index (χ0) is 21.1. The normalized spacial score (nSPS) is 16.6. The fourth-order valence-corrected chi connectivity index (χ4v) is 4.16. The number of carbonyl (C=O) groups is 1. The molecule has 3 aromatic rings. The molecule has 1 atom stereocenters. The number of aromatic nitrogens is 2. The van der Waals surface area contributed by atoms with Crippen LogP contribution >= 0.6 is 0 Å². The highest BCUT2D eigenvalue weighted by atomic mass is 16.2. The molecule has 6 heteroatoms. The Labute approximate surface area is 176 Å². The van der Waals surface area contributed by atoms with Crippen molar-refractivity contribution in [3.05, 3.63) is 64.6 Å². The van der Waals surface area contributed by atoms with Crippen LogP contribution in [0.15, 0.2) is 53.3 Å². The van der Waals surface area contributed by atoms with Gasteiger partial charge in [-0.3, -0.25) is 9.36 Å². The zero-order valence-electron chi connectivity index (χ0n) is 17.6. The van der Waals surface area contributed by atoms with Crippen LogP contribution in [0.25, 0.3) is 10.9 Å². The number of nitrogens with zero attached hydrogens (tertiary/aromatic N) is 3. The molecular formula is C24H28N4O2. The Bertz CT molecular complexity index is 1100. The number of fused-ring (bicyclic) bond motifs is 1. The molecule has 0 aliphatic carbocycles. The van der Waals surface area contributed by atoms with E-state index in [2.05, 4.69) is 29.0 Å². The quantitative estimate of drug-likeness (QED) is 0.702. The second-order valence-corrected chi connectivity index (χ2v) is 8.11. The molecule has 0 spiro atoms. The number of amides is 1. The Morgan fingerprint density at radius 2 is 1.93 bits per heavy atom. The maximum Gasteiger partial charge on any atom is 0.350 e. The van der Waals surface area contributed by atoms with Crippen LogP contribution in [0.5, 0.6) is 0 Å². The van der Waals surface area contributed by atoms with E-state index in [1.54, 1.807) is 0 Å². The Morgan fingerprint density at radius 3 is 2.67 bits per heavy atom. The summed E-state index contributed by atoms with van der Waals surface area (Å²) in [6.45, 7) is 6.05. The smallest absolute Gasteiger partial charge is 0.350 e. The molecule has 0 bridgehead atoms. The van der Waals surface area contributed by atoms with E-state index in [0.29, 0.717) is 5.92 Å². The van der Waals surface area contributed by atoms with Crippen LogP contribution < -0.4 is 15.9 Å². The number of hydrogen-bond donors (Lipinski definition) is 1. The summed E-state index contributed by atoms with van der Waals surface area (Å²) in [5.74, 6) is 1.06. The van der Waals surface area contributed by atoms with E-state index in [1.807, 2.05) is 48.5 Å². The molecule has 2 heterocycles. The van der Waals surface area contributed by atoms with Crippen molar-refractivity contribution in [3.63, 3.8) is 0 Å². The van der Waals surface area contributed by atoms with Crippen LogP contribution in [0, 0.1) is 5.92 Å². The van der Waals surface area contributed by atoms with Gasteiger partial charge in [-0.25, -0.2) is 4.79 Å². The van der Waals surface area contributed by atoms with E-state index in [-0.39, 0.29) is 12.5 Å². The highest BCUT2D eigenvalue weighted by Gasteiger charge is 2.21. The molecule has 1 aliphatic heterocycles. The van der Waals surface area contributed by atoms with Crippen molar-refractivity contribution in [2.45, 2.75) is 39.7 Å². The number of carbonyl (C=O) groups excluding carboxylic acids is 1. The lowest BCUT2D eigenvalue weighted by molar-refractivity contribution is -0.116. The lowest BCUT2D eigenvalue weighted by Gasteiger charge is -2.32. The maximum atomic E-state index is 12.9. The lowest BCUT2D eigenvalue weighted by atomic mass is 10.00. The largest absolute Gasteiger partial charge is 0.356 e. The van der Waals surface area contributed by atoms with Gasteiger partial charge in [-0.1, -0.05) is 38.1 Å². The van der Waals surface area contributed by atoms with Gasteiger partial charge in [-0.05, 0) is 55.0 Å². The molecule has 1 unspecified atom stereocenters. The molecule has 156 valence electrons. The van der Waals surface area contributed by atoms with Crippen LogP contribution in [0.1, 0.15) is 32.3 Å². The predicted octanol–water partition coefficient (Wildman–Crippen LogP) is 3.83. The SMILES string of the molecule is CCc1ccc(NC(=O)Cn2c(=O)nc(N3CCCC(C)C3)c3ccccc32)cc1. The first-order chi connectivity index (χ1) is 14.5. The number of anilines is 2. The van der Waals surface area contributed by atoms with Crippen molar-refractivity contribution in [1.29, 1.82) is 0 Å². The molecule has 1 saturated heterocycles. The van der Waals surface area contributed by atoms with Gasteiger partial charge in [0.1, 0.15) is 12.4 Å². The van der Waals surface area contributed by atoms with E-state index < -0.39 is 5.69 Å². The third kappa shape index (κ3) is 4.22. The fourth-order valence-electron chi connectivity index (χ4n) is 4.16. The zero-order valence-corrected chi connectivity index (χ0v) is 17.6. The molecule has 1 aliphatic rings. The number of benzene rings is 2. The second kappa shape index (κ2) is 8.69. The number of hydrogen-bond acceptors (Lipinski definition) is 4.